The summed E-state index contributed by atoms with van der Waals surface area (Å²) in [5, 5.41) is 10.3. The van der Waals surface area contributed by atoms with Gasteiger partial charge in [0.05, 0.1) is 15.5 Å². The molecule has 0 saturated heterocycles. The lowest BCUT2D eigenvalue weighted by Crippen LogP contribution is -2.44. The molecular formula is C13H15ClFN3O5S. The SMILES string of the molecule is C=CCN(CCC)S(=O)(=O)NC(=O)c1cc([N+](=O)[O-])c(F)cc1Cl. The van der Waals surface area contributed by atoms with Gasteiger partial charge in [-0.1, -0.05) is 24.6 Å². The van der Waals surface area contributed by atoms with Crippen molar-refractivity contribution in [1.82, 2.24) is 9.03 Å². The molecule has 8 nitrogen and oxygen atoms in total. The molecule has 0 radical (unpaired) electrons. The molecule has 1 aromatic carbocycles. The van der Waals surface area contributed by atoms with Gasteiger partial charge >= 0.3 is 15.9 Å². The number of nitro benzene ring substituents is 1. The van der Waals surface area contributed by atoms with Crippen LogP contribution >= 0.6 is 11.6 Å². The van der Waals surface area contributed by atoms with Crippen molar-refractivity contribution in [3.05, 3.63) is 51.3 Å². The van der Waals surface area contributed by atoms with Crippen molar-refractivity contribution >= 4 is 33.4 Å². The maximum atomic E-state index is 13.4. The monoisotopic (exact) mass is 379 g/mol. The summed E-state index contributed by atoms with van der Waals surface area (Å²) >= 11 is 5.68. The molecule has 0 aliphatic carbocycles. The third kappa shape index (κ3) is 4.73. The van der Waals surface area contributed by atoms with Gasteiger partial charge < -0.3 is 0 Å². The molecule has 1 aromatic rings. The van der Waals surface area contributed by atoms with E-state index in [0.29, 0.717) is 18.6 Å². The van der Waals surface area contributed by atoms with Gasteiger partial charge in [0, 0.05) is 25.2 Å². The van der Waals surface area contributed by atoms with Crippen molar-refractivity contribution in [2.45, 2.75) is 13.3 Å². The number of hydrogen-bond acceptors (Lipinski definition) is 5. The largest absolute Gasteiger partial charge is 0.305 e. The molecule has 132 valence electrons. The molecule has 0 fully saturated rings. The minimum absolute atomic E-state index is 0.0340. The maximum Gasteiger partial charge on any atom is 0.305 e. The third-order valence-electron chi connectivity index (χ3n) is 2.85. The molecule has 0 atom stereocenters. The van der Waals surface area contributed by atoms with Crippen LogP contribution < -0.4 is 4.72 Å². The first-order chi connectivity index (χ1) is 11.1. The average molecular weight is 380 g/mol. The van der Waals surface area contributed by atoms with E-state index in [1.807, 2.05) is 0 Å². The maximum absolute atomic E-state index is 13.4. The number of nitrogens with one attached hydrogen (secondary N) is 1. The zero-order valence-electron chi connectivity index (χ0n) is 12.7. The van der Waals surface area contributed by atoms with Gasteiger partial charge in [0.15, 0.2) is 0 Å². The minimum Gasteiger partial charge on any atom is -0.268 e. The number of halogens is 2. The summed E-state index contributed by atoms with van der Waals surface area (Å²) in [6, 6.07) is 1.16. The standard InChI is InChI=1S/C13H15ClFN3O5S/c1-3-5-17(6-4-2)24(22,23)16-13(19)9-7-12(18(20)21)11(15)8-10(9)14/h3,7-8H,1,4-6H2,2H3,(H,16,19). The summed E-state index contributed by atoms with van der Waals surface area (Å²) in [5.41, 5.74) is -1.51. The highest BCUT2D eigenvalue weighted by Gasteiger charge is 2.27. The Balaban J connectivity index is 3.17. The first kappa shape index (κ1) is 20.0. The second-order valence-corrected chi connectivity index (χ2v) is 6.70. The van der Waals surface area contributed by atoms with Crippen molar-refractivity contribution in [2.75, 3.05) is 13.1 Å². The Morgan fingerprint density at radius 1 is 1.54 bits per heavy atom. The number of carbonyl (C=O) groups is 1. The van der Waals surface area contributed by atoms with E-state index in [4.69, 9.17) is 11.6 Å². The van der Waals surface area contributed by atoms with Crippen LogP contribution in [-0.4, -0.2) is 36.6 Å². The molecule has 0 aliphatic rings. The van der Waals surface area contributed by atoms with Gasteiger partial charge in [0.25, 0.3) is 5.91 Å². The lowest BCUT2D eigenvalue weighted by atomic mass is 10.2. The summed E-state index contributed by atoms with van der Waals surface area (Å²) < 4.78 is 40.5. The van der Waals surface area contributed by atoms with E-state index in [1.165, 1.54) is 6.08 Å². The summed E-state index contributed by atoms with van der Waals surface area (Å²) in [6.45, 7) is 5.27. The van der Waals surface area contributed by atoms with Crippen LogP contribution in [0.4, 0.5) is 10.1 Å². The van der Waals surface area contributed by atoms with Gasteiger partial charge in [-0.15, -0.1) is 6.58 Å². The third-order valence-corrected chi connectivity index (χ3v) is 4.61. The molecule has 1 rings (SSSR count). The lowest BCUT2D eigenvalue weighted by Gasteiger charge is -2.20. The van der Waals surface area contributed by atoms with E-state index in [0.717, 1.165) is 4.31 Å². The van der Waals surface area contributed by atoms with Gasteiger partial charge in [-0.25, -0.2) is 4.72 Å². The molecule has 0 aliphatic heterocycles. The number of carbonyl (C=O) groups excluding carboxylic acids is 1. The van der Waals surface area contributed by atoms with Gasteiger partial charge in [-0.3, -0.25) is 14.9 Å². The predicted octanol–water partition coefficient (Wildman–Crippen LogP) is 2.26. The van der Waals surface area contributed by atoms with E-state index >= 15 is 0 Å². The predicted molar refractivity (Wildman–Crippen MR) is 86.5 cm³/mol. The molecule has 0 bridgehead atoms. The Bertz CT molecular complexity index is 769. The zero-order chi connectivity index (χ0) is 18.5. The van der Waals surface area contributed by atoms with Gasteiger partial charge in [0.1, 0.15) is 0 Å². The number of amides is 1. The Kier molecular flexibility index (Phi) is 6.81. The molecule has 0 aromatic heterocycles. The van der Waals surface area contributed by atoms with E-state index < -0.39 is 43.1 Å². The van der Waals surface area contributed by atoms with E-state index in [2.05, 4.69) is 6.58 Å². The second-order valence-electron chi connectivity index (χ2n) is 4.62. The van der Waals surface area contributed by atoms with Crippen molar-refractivity contribution in [3.8, 4) is 0 Å². The molecule has 11 heteroatoms. The Morgan fingerprint density at radius 2 is 2.17 bits per heavy atom. The summed E-state index contributed by atoms with van der Waals surface area (Å²) in [5.74, 6) is -2.43. The van der Waals surface area contributed by atoms with Crippen LogP contribution in [0.2, 0.25) is 5.02 Å². The first-order valence-electron chi connectivity index (χ1n) is 6.70. The fourth-order valence-electron chi connectivity index (χ4n) is 1.79. The summed E-state index contributed by atoms with van der Waals surface area (Å²) in [7, 11) is -4.21. The van der Waals surface area contributed by atoms with Crippen LogP contribution in [0.3, 0.4) is 0 Å². The van der Waals surface area contributed by atoms with Crippen LogP contribution in [0, 0.1) is 15.9 Å². The molecule has 0 spiro atoms. The lowest BCUT2D eigenvalue weighted by molar-refractivity contribution is -0.387. The fourth-order valence-corrected chi connectivity index (χ4v) is 3.23. The second kappa shape index (κ2) is 8.18. The molecule has 0 unspecified atom stereocenters. The average Bonchev–Trinajstić information content (AvgIpc) is 2.45. The highest BCUT2D eigenvalue weighted by molar-refractivity contribution is 7.87. The van der Waals surface area contributed by atoms with E-state index in [9.17, 15) is 27.7 Å². The van der Waals surface area contributed by atoms with Crippen LogP contribution in [0.25, 0.3) is 0 Å². The highest BCUT2D eigenvalue weighted by Crippen LogP contribution is 2.26. The van der Waals surface area contributed by atoms with Crippen LogP contribution in [0.5, 0.6) is 0 Å². The normalized spacial score (nSPS) is 11.3. The number of nitro groups is 1. The van der Waals surface area contributed by atoms with Crippen LogP contribution in [0.15, 0.2) is 24.8 Å². The minimum atomic E-state index is -4.21. The summed E-state index contributed by atoms with van der Waals surface area (Å²) in [4.78, 5) is 21.8. The number of rotatable bonds is 8. The first-order valence-corrected chi connectivity index (χ1v) is 8.52. The fraction of sp³-hybridized carbons (Fsp3) is 0.308. The molecule has 1 N–H and O–H groups in total. The highest BCUT2D eigenvalue weighted by atomic mass is 35.5. The number of hydrogen-bond donors (Lipinski definition) is 1. The number of benzene rings is 1. The van der Waals surface area contributed by atoms with Crippen molar-refractivity contribution in [3.63, 3.8) is 0 Å². The number of nitrogens with zero attached hydrogens (tertiary/aromatic N) is 2. The summed E-state index contributed by atoms with van der Waals surface area (Å²) in [6.07, 6.45) is 1.83. The zero-order valence-corrected chi connectivity index (χ0v) is 14.2. The van der Waals surface area contributed by atoms with Crippen molar-refractivity contribution < 1.29 is 22.5 Å². The van der Waals surface area contributed by atoms with E-state index in [-0.39, 0.29) is 13.1 Å². The topological polar surface area (TPSA) is 110 Å². The Labute approximate surface area is 143 Å². The van der Waals surface area contributed by atoms with Crippen molar-refractivity contribution in [1.29, 1.82) is 0 Å². The Hall–Kier alpha value is -2.04. The molecular weight excluding hydrogens is 365 g/mol. The Morgan fingerprint density at radius 3 is 2.67 bits per heavy atom. The van der Waals surface area contributed by atoms with Gasteiger partial charge in [0.2, 0.25) is 5.82 Å². The van der Waals surface area contributed by atoms with Crippen molar-refractivity contribution in [2.24, 2.45) is 0 Å². The van der Waals surface area contributed by atoms with E-state index in [1.54, 1.807) is 11.6 Å². The van der Waals surface area contributed by atoms with Crippen LogP contribution in [0.1, 0.15) is 23.7 Å². The smallest absolute Gasteiger partial charge is 0.268 e. The molecule has 0 saturated carbocycles. The van der Waals surface area contributed by atoms with Gasteiger partial charge in [-0.2, -0.15) is 17.1 Å². The molecule has 1 amide bonds. The van der Waals surface area contributed by atoms with Crippen LogP contribution in [-0.2, 0) is 10.2 Å². The quantitative estimate of drug-likeness (QED) is 0.423. The van der Waals surface area contributed by atoms with Gasteiger partial charge in [-0.05, 0) is 6.42 Å². The molecule has 24 heavy (non-hydrogen) atoms. The molecule has 0 heterocycles.